The van der Waals surface area contributed by atoms with Crippen LogP contribution in [0, 0.1) is 0 Å². The van der Waals surface area contributed by atoms with E-state index in [2.05, 4.69) is 14.9 Å². The summed E-state index contributed by atoms with van der Waals surface area (Å²) in [5.41, 5.74) is 5.46. The molecule has 0 atom stereocenters. The Hall–Kier alpha value is -1.30. The van der Waals surface area contributed by atoms with Crippen LogP contribution in [0.1, 0.15) is 10.4 Å². The SMILES string of the molecule is NC(=O)c1cnc(N2CCSCC2)nc1. The van der Waals surface area contributed by atoms with Gasteiger partial charge < -0.3 is 10.6 Å². The maximum Gasteiger partial charge on any atom is 0.251 e. The van der Waals surface area contributed by atoms with Crippen LogP contribution in [0.5, 0.6) is 0 Å². The summed E-state index contributed by atoms with van der Waals surface area (Å²) in [4.78, 5) is 21.2. The monoisotopic (exact) mass is 224 g/mol. The van der Waals surface area contributed by atoms with E-state index in [1.807, 2.05) is 11.8 Å². The molecule has 0 aliphatic carbocycles. The van der Waals surface area contributed by atoms with Crippen molar-refractivity contribution in [1.29, 1.82) is 0 Å². The van der Waals surface area contributed by atoms with Gasteiger partial charge in [0, 0.05) is 37.0 Å². The van der Waals surface area contributed by atoms with Gasteiger partial charge in [-0.1, -0.05) is 0 Å². The molecule has 1 aliphatic rings. The molecule has 1 fully saturated rings. The molecule has 1 saturated heterocycles. The zero-order valence-electron chi connectivity index (χ0n) is 8.22. The molecule has 0 bridgehead atoms. The number of anilines is 1. The van der Waals surface area contributed by atoms with Gasteiger partial charge >= 0.3 is 0 Å². The number of carbonyl (C=O) groups is 1. The largest absolute Gasteiger partial charge is 0.366 e. The van der Waals surface area contributed by atoms with Gasteiger partial charge in [-0.05, 0) is 0 Å². The normalized spacial score (nSPS) is 16.4. The molecule has 1 aliphatic heterocycles. The third-order valence-electron chi connectivity index (χ3n) is 2.22. The Labute approximate surface area is 92.1 Å². The molecule has 0 aromatic carbocycles. The molecular formula is C9H12N4OS. The van der Waals surface area contributed by atoms with Crippen molar-refractivity contribution in [3.05, 3.63) is 18.0 Å². The summed E-state index contributed by atoms with van der Waals surface area (Å²) in [6.45, 7) is 1.92. The third kappa shape index (κ3) is 2.38. The Morgan fingerprint density at radius 1 is 1.33 bits per heavy atom. The van der Waals surface area contributed by atoms with Gasteiger partial charge in [-0.3, -0.25) is 4.79 Å². The molecule has 0 saturated carbocycles. The van der Waals surface area contributed by atoms with Crippen LogP contribution in [0.2, 0.25) is 0 Å². The fourth-order valence-electron chi connectivity index (χ4n) is 1.38. The second kappa shape index (κ2) is 4.48. The van der Waals surface area contributed by atoms with Crippen LogP contribution in [0.4, 0.5) is 5.95 Å². The first-order valence-electron chi connectivity index (χ1n) is 4.72. The Bertz CT molecular complexity index is 348. The summed E-state index contributed by atoms with van der Waals surface area (Å²) >= 11 is 1.93. The minimum atomic E-state index is -0.490. The number of amides is 1. The number of hydrogen-bond donors (Lipinski definition) is 1. The average Bonchev–Trinajstić information content (AvgIpc) is 2.30. The second-order valence-electron chi connectivity index (χ2n) is 3.24. The second-order valence-corrected chi connectivity index (χ2v) is 4.46. The lowest BCUT2D eigenvalue weighted by Crippen LogP contribution is -2.33. The topological polar surface area (TPSA) is 72.1 Å². The summed E-state index contributed by atoms with van der Waals surface area (Å²) in [5.74, 6) is 2.39. The first-order chi connectivity index (χ1) is 7.27. The molecule has 2 rings (SSSR count). The lowest BCUT2D eigenvalue weighted by Gasteiger charge is -2.26. The molecule has 1 amide bonds. The maximum atomic E-state index is 10.8. The van der Waals surface area contributed by atoms with E-state index in [0.29, 0.717) is 11.5 Å². The number of nitrogens with two attached hydrogens (primary N) is 1. The van der Waals surface area contributed by atoms with E-state index < -0.39 is 5.91 Å². The number of carbonyl (C=O) groups excluding carboxylic acids is 1. The van der Waals surface area contributed by atoms with Crippen molar-refractivity contribution >= 4 is 23.6 Å². The van der Waals surface area contributed by atoms with Crippen LogP contribution in [-0.2, 0) is 0 Å². The molecule has 2 heterocycles. The highest BCUT2D eigenvalue weighted by Gasteiger charge is 2.13. The minimum Gasteiger partial charge on any atom is -0.366 e. The molecule has 0 spiro atoms. The Balaban J connectivity index is 2.11. The van der Waals surface area contributed by atoms with E-state index >= 15 is 0 Å². The van der Waals surface area contributed by atoms with Crippen molar-refractivity contribution in [2.24, 2.45) is 5.73 Å². The molecule has 1 aromatic heterocycles. The van der Waals surface area contributed by atoms with E-state index in [1.54, 1.807) is 0 Å². The van der Waals surface area contributed by atoms with E-state index in [-0.39, 0.29) is 0 Å². The van der Waals surface area contributed by atoms with E-state index in [0.717, 1.165) is 24.6 Å². The first-order valence-corrected chi connectivity index (χ1v) is 5.87. The van der Waals surface area contributed by atoms with Crippen molar-refractivity contribution in [3.63, 3.8) is 0 Å². The van der Waals surface area contributed by atoms with Gasteiger partial charge in [-0.2, -0.15) is 11.8 Å². The number of nitrogens with zero attached hydrogens (tertiary/aromatic N) is 3. The van der Waals surface area contributed by atoms with Crippen LogP contribution in [0.25, 0.3) is 0 Å². The zero-order chi connectivity index (χ0) is 10.7. The van der Waals surface area contributed by atoms with Crippen LogP contribution < -0.4 is 10.6 Å². The van der Waals surface area contributed by atoms with Crippen molar-refractivity contribution < 1.29 is 4.79 Å². The predicted octanol–water partition coefficient (Wildman–Crippen LogP) is 0.129. The van der Waals surface area contributed by atoms with E-state index in [1.165, 1.54) is 12.4 Å². The molecule has 15 heavy (non-hydrogen) atoms. The summed E-state index contributed by atoms with van der Waals surface area (Å²) < 4.78 is 0. The highest BCUT2D eigenvalue weighted by molar-refractivity contribution is 7.99. The molecule has 0 radical (unpaired) electrons. The Morgan fingerprint density at radius 3 is 2.47 bits per heavy atom. The number of hydrogen-bond acceptors (Lipinski definition) is 5. The Morgan fingerprint density at radius 2 is 1.93 bits per heavy atom. The van der Waals surface area contributed by atoms with Crippen LogP contribution in [-0.4, -0.2) is 40.5 Å². The van der Waals surface area contributed by atoms with Crippen LogP contribution in [0.3, 0.4) is 0 Å². The fraction of sp³-hybridized carbons (Fsp3) is 0.444. The number of rotatable bonds is 2. The lowest BCUT2D eigenvalue weighted by atomic mass is 10.3. The first kappa shape index (κ1) is 10.2. The molecule has 1 aromatic rings. The summed E-state index contributed by atoms with van der Waals surface area (Å²) in [6.07, 6.45) is 2.96. The fourth-order valence-corrected chi connectivity index (χ4v) is 2.28. The van der Waals surface area contributed by atoms with Crippen LogP contribution in [0.15, 0.2) is 12.4 Å². The smallest absolute Gasteiger partial charge is 0.251 e. The minimum absolute atomic E-state index is 0.352. The highest BCUT2D eigenvalue weighted by Crippen LogP contribution is 2.14. The molecule has 80 valence electrons. The van der Waals surface area contributed by atoms with Gasteiger partial charge in [-0.25, -0.2) is 9.97 Å². The van der Waals surface area contributed by atoms with Gasteiger partial charge in [-0.15, -0.1) is 0 Å². The van der Waals surface area contributed by atoms with Crippen LogP contribution >= 0.6 is 11.8 Å². The standard InChI is InChI=1S/C9H12N4OS/c10-8(14)7-5-11-9(12-6-7)13-1-3-15-4-2-13/h5-6H,1-4H2,(H2,10,14). The molecule has 5 nitrogen and oxygen atoms in total. The molecule has 2 N–H and O–H groups in total. The van der Waals surface area contributed by atoms with Crippen molar-refractivity contribution in [1.82, 2.24) is 9.97 Å². The van der Waals surface area contributed by atoms with Gasteiger partial charge in [0.2, 0.25) is 5.95 Å². The number of primary amides is 1. The summed E-state index contributed by atoms with van der Waals surface area (Å²) in [6, 6.07) is 0. The maximum absolute atomic E-state index is 10.8. The molecular weight excluding hydrogens is 212 g/mol. The molecule has 0 unspecified atom stereocenters. The number of aromatic nitrogens is 2. The quantitative estimate of drug-likeness (QED) is 0.773. The van der Waals surface area contributed by atoms with Gasteiger partial charge in [0.15, 0.2) is 0 Å². The summed E-state index contributed by atoms with van der Waals surface area (Å²) in [5, 5.41) is 0. The van der Waals surface area contributed by atoms with E-state index in [4.69, 9.17) is 5.73 Å². The van der Waals surface area contributed by atoms with Crippen molar-refractivity contribution in [2.45, 2.75) is 0 Å². The third-order valence-corrected chi connectivity index (χ3v) is 3.16. The van der Waals surface area contributed by atoms with Gasteiger partial charge in [0.25, 0.3) is 5.91 Å². The zero-order valence-corrected chi connectivity index (χ0v) is 9.04. The lowest BCUT2D eigenvalue weighted by molar-refractivity contribution is 0.0999. The van der Waals surface area contributed by atoms with Crippen molar-refractivity contribution in [3.8, 4) is 0 Å². The van der Waals surface area contributed by atoms with Crippen molar-refractivity contribution in [2.75, 3.05) is 29.5 Å². The van der Waals surface area contributed by atoms with E-state index in [9.17, 15) is 4.79 Å². The highest BCUT2D eigenvalue weighted by atomic mass is 32.2. The van der Waals surface area contributed by atoms with Gasteiger partial charge in [0.1, 0.15) is 0 Å². The predicted molar refractivity (Wildman–Crippen MR) is 60.1 cm³/mol. The van der Waals surface area contributed by atoms with Gasteiger partial charge in [0.05, 0.1) is 5.56 Å². The Kier molecular flexibility index (Phi) is 3.05. The average molecular weight is 224 g/mol. The summed E-state index contributed by atoms with van der Waals surface area (Å²) in [7, 11) is 0. The number of thioether (sulfide) groups is 1. The molecule has 6 heteroatoms.